The number of H-pyrrole nitrogens is 1. The molecule has 0 atom stereocenters. The maximum atomic E-state index is 12.7. The van der Waals surface area contributed by atoms with Gasteiger partial charge in [-0.25, -0.2) is 9.97 Å². The third kappa shape index (κ3) is 4.98. The molecule has 0 unspecified atom stereocenters. The van der Waals surface area contributed by atoms with Crippen molar-refractivity contribution in [1.29, 1.82) is 0 Å². The lowest BCUT2D eigenvalue weighted by atomic mass is 9.95. The molecule has 168 valence electrons. The van der Waals surface area contributed by atoms with Crippen molar-refractivity contribution in [2.24, 2.45) is 0 Å². The fourth-order valence-corrected chi connectivity index (χ4v) is 4.53. The Morgan fingerprint density at radius 1 is 1.12 bits per heavy atom. The van der Waals surface area contributed by atoms with Crippen LogP contribution in [0.4, 0.5) is 5.82 Å². The number of nitrogens with one attached hydrogen (secondary N) is 3. The summed E-state index contributed by atoms with van der Waals surface area (Å²) < 4.78 is 0. The smallest absolute Gasteiger partial charge is 0.253 e. The molecule has 3 N–H and O–H groups in total. The molecule has 0 saturated heterocycles. The Morgan fingerprint density at radius 2 is 2.00 bits per heavy atom. The molecule has 7 nitrogen and oxygen atoms in total. The van der Waals surface area contributed by atoms with Gasteiger partial charge in [-0.05, 0) is 48.7 Å². The minimum absolute atomic E-state index is 0.199. The van der Waals surface area contributed by atoms with Gasteiger partial charge >= 0.3 is 0 Å². The molecule has 0 spiro atoms. The summed E-state index contributed by atoms with van der Waals surface area (Å²) in [4.78, 5) is 29.1. The van der Waals surface area contributed by atoms with E-state index in [-0.39, 0.29) is 5.91 Å². The number of fused-ring (bicyclic) bond motifs is 1. The van der Waals surface area contributed by atoms with E-state index in [9.17, 15) is 4.79 Å². The molecule has 1 amide bonds. The van der Waals surface area contributed by atoms with E-state index >= 15 is 0 Å². The van der Waals surface area contributed by atoms with E-state index < -0.39 is 0 Å². The Balaban J connectivity index is 1.40. The van der Waals surface area contributed by atoms with E-state index in [1.54, 1.807) is 12.4 Å². The van der Waals surface area contributed by atoms with Gasteiger partial charge in [-0.15, -0.1) is 0 Å². The molecule has 0 aromatic carbocycles. The second-order valence-electron chi connectivity index (χ2n) is 8.37. The van der Waals surface area contributed by atoms with Crippen LogP contribution in [-0.2, 0) is 6.54 Å². The first kappa shape index (κ1) is 21.4. The number of amides is 1. The molecular weight excluding hydrogens is 436 g/mol. The van der Waals surface area contributed by atoms with Gasteiger partial charge in [0.15, 0.2) is 0 Å². The fourth-order valence-electron chi connectivity index (χ4n) is 4.32. The Kier molecular flexibility index (Phi) is 6.21. The summed E-state index contributed by atoms with van der Waals surface area (Å²) in [6.07, 6.45) is 11.3. The second kappa shape index (κ2) is 9.58. The molecule has 0 bridgehead atoms. The van der Waals surface area contributed by atoms with Crippen molar-refractivity contribution in [3.63, 3.8) is 0 Å². The van der Waals surface area contributed by atoms with Crippen LogP contribution >= 0.6 is 11.6 Å². The van der Waals surface area contributed by atoms with E-state index in [1.165, 1.54) is 19.3 Å². The van der Waals surface area contributed by atoms with Crippen molar-refractivity contribution in [3.05, 3.63) is 71.4 Å². The average molecular weight is 461 g/mol. The third-order valence-corrected chi connectivity index (χ3v) is 6.21. The van der Waals surface area contributed by atoms with Crippen LogP contribution in [0.5, 0.6) is 0 Å². The molecule has 8 heteroatoms. The van der Waals surface area contributed by atoms with Gasteiger partial charge in [0.25, 0.3) is 5.91 Å². The number of hydrogen-bond acceptors (Lipinski definition) is 5. The third-order valence-electron chi connectivity index (χ3n) is 6.01. The van der Waals surface area contributed by atoms with E-state index in [0.29, 0.717) is 29.0 Å². The maximum Gasteiger partial charge on any atom is 0.253 e. The Bertz CT molecular complexity index is 1270. The summed E-state index contributed by atoms with van der Waals surface area (Å²) in [5.74, 6) is 0.575. The number of carbonyl (C=O) groups is 1. The largest absolute Gasteiger partial charge is 0.367 e. The molecule has 5 rings (SSSR count). The summed E-state index contributed by atoms with van der Waals surface area (Å²) in [5, 5.41) is 7.73. The van der Waals surface area contributed by atoms with Gasteiger partial charge in [-0.2, -0.15) is 0 Å². The molecule has 1 aliphatic rings. The van der Waals surface area contributed by atoms with E-state index in [1.807, 2.05) is 42.6 Å². The van der Waals surface area contributed by atoms with Gasteiger partial charge in [0.2, 0.25) is 0 Å². The molecule has 4 heterocycles. The Hall–Kier alpha value is -3.45. The average Bonchev–Trinajstić information content (AvgIpc) is 3.27. The van der Waals surface area contributed by atoms with Crippen LogP contribution in [0.3, 0.4) is 0 Å². The van der Waals surface area contributed by atoms with Gasteiger partial charge < -0.3 is 15.6 Å². The molecule has 33 heavy (non-hydrogen) atoms. The van der Waals surface area contributed by atoms with Crippen LogP contribution in [0, 0.1) is 0 Å². The van der Waals surface area contributed by atoms with Gasteiger partial charge in [0, 0.05) is 35.6 Å². The molecule has 4 aromatic heterocycles. The number of nitrogens with zero attached hydrogens (tertiary/aromatic N) is 3. The van der Waals surface area contributed by atoms with Crippen molar-refractivity contribution in [1.82, 2.24) is 25.3 Å². The lowest BCUT2D eigenvalue weighted by Gasteiger charge is -2.23. The maximum absolute atomic E-state index is 12.7. The number of halogens is 1. The first-order valence-electron chi connectivity index (χ1n) is 11.3. The number of aromatic nitrogens is 4. The second-order valence-corrected chi connectivity index (χ2v) is 8.76. The molecule has 1 fully saturated rings. The SMILES string of the molecule is O=C(NCc1ccccn1)c1cnc2[nH]cc(-c3cc(Cl)nc(NC4CCCCC4)c3)c2c1. The predicted molar refractivity (Wildman–Crippen MR) is 130 cm³/mol. The number of rotatable bonds is 6. The zero-order valence-electron chi connectivity index (χ0n) is 18.1. The van der Waals surface area contributed by atoms with Crippen molar-refractivity contribution < 1.29 is 4.79 Å². The first-order chi connectivity index (χ1) is 16.2. The molecule has 0 radical (unpaired) electrons. The van der Waals surface area contributed by atoms with Gasteiger partial charge in [0.05, 0.1) is 17.8 Å². The summed E-state index contributed by atoms with van der Waals surface area (Å²) >= 11 is 6.37. The van der Waals surface area contributed by atoms with E-state index in [4.69, 9.17) is 11.6 Å². The first-order valence-corrected chi connectivity index (χ1v) is 11.6. The quantitative estimate of drug-likeness (QED) is 0.337. The molecular formula is C25H25ClN6O. The summed E-state index contributed by atoms with van der Waals surface area (Å²) in [6.45, 7) is 0.355. The molecule has 0 aliphatic heterocycles. The number of carbonyl (C=O) groups excluding carboxylic acids is 1. The topological polar surface area (TPSA) is 95.6 Å². The van der Waals surface area contributed by atoms with Gasteiger partial charge in [-0.3, -0.25) is 9.78 Å². The van der Waals surface area contributed by atoms with Crippen LogP contribution in [0.2, 0.25) is 5.15 Å². The van der Waals surface area contributed by atoms with Gasteiger partial charge in [-0.1, -0.05) is 36.9 Å². The lowest BCUT2D eigenvalue weighted by Crippen LogP contribution is -2.23. The van der Waals surface area contributed by atoms with Gasteiger partial charge in [0.1, 0.15) is 16.6 Å². The fraction of sp³-hybridized carbons (Fsp3) is 0.280. The van der Waals surface area contributed by atoms with Crippen LogP contribution in [0.1, 0.15) is 48.2 Å². The van der Waals surface area contributed by atoms with Crippen LogP contribution < -0.4 is 10.6 Å². The molecule has 4 aromatic rings. The highest BCUT2D eigenvalue weighted by Crippen LogP contribution is 2.32. The van der Waals surface area contributed by atoms with Crippen molar-refractivity contribution in [2.75, 3.05) is 5.32 Å². The van der Waals surface area contributed by atoms with E-state index in [0.717, 1.165) is 40.9 Å². The standard InChI is InChI=1S/C25H25ClN6O/c26-22-11-16(12-23(32-22)31-18-6-2-1-3-7-18)21-15-29-24-20(21)10-17(13-28-24)25(33)30-14-19-8-4-5-9-27-19/h4-5,8-13,15,18H,1-3,6-7,14H2,(H,28,29)(H,30,33)(H,31,32). The summed E-state index contributed by atoms with van der Waals surface area (Å²) in [6, 6.07) is 11.7. The highest BCUT2D eigenvalue weighted by molar-refractivity contribution is 6.29. The highest BCUT2D eigenvalue weighted by atomic mass is 35.5. The van der Waals surface area contributed by atoms with E-state index in [2.05, 4.69) is 30.6 Å². The van der Waals surface area contributed by atoms with Crippen molar-refractivity contribution in [3.8, 4) is 11.1 Å². The minimum Gasteiger partial charge on any atom is -0.367 e. The molecule has 1 saturated carbocycles. The van der Waals surface area contributed by atoms with Crippen LogP contribution in [0.25, 0.3) is 22.2 Å². The number of anilines is 1. The highest BCUT2D eigenvalue weighted by Gasteiger charge is 2.16. The zero-order valence-corrected chi connectivity index (χ0v) is 18.9. The normalized spacial score (nSPS) is 14.3. The number of hydrogen-bond donors (Lipinski definition) is 3. The number of pyridine rings is 3. The van der Waals surface area contributed by atoms with Crippen molar-refractivity contribution >= 4 is 34.4 Å². The number of aromatic amines is 1. The predicted octanol–water partition coefficient (Wildman–Crippen LogP) is 5.35. The molecule has 1 aliphatic carbocycles. The Morgan fingerprint density at radius 3 is 2.82 bits per heavy atom. The summed E-state index contributed by atoms with van der Waals surface area (Å²) in [5.41, 5.74) is 3.84. The zero-order chi connectivity index (χ0) is 22.6. The lowest BCUT2D eigenvalue weighted by molar-refractivity contribution is 0.0950. The minimum atomic E-state index is -0.199. The van der Waals surface area contributed by atoms with Crippen LogP contribution in [0.15, 0.2) is 55.0 Å². The van der Waals surface area contributed by atoms with Crippen LogP contribution in [-0.4, -0.2) is 31.9 Å². The summed E-state index contributed by atoms with van der Waals surface area (Å²) in [7, 11) is 0. The monoisotopic (exact) mass is 460 g/mol. The Labute approximate surface area is 197 Å². The van der Waals surface area contributed by atoms with Crippen molar-refractivity contribution in [2.45, 2.75) is 44.7 Å².